The van der Waals surface area contributed by atoms with Gasteiger partial charge in [-0.2, -0.15) is 5.10 Å². The number of benzene rings is 1. The number of aliphatic imine (C=N–C) groups is 1. The van der Waals surface area contributed by atoms with Gasteiger partial charge in [-0.1, -0.05) is 34.5 Å². The Bertz CT molecular complexity index is 724. The molecule has 0 unspecified atom stereocenters. The lowest BCUT2D eigenvalue weighted by Gasteiger charge is -2.43. The van der Waals surface area contributed by atoms with E-state index in [-0.39, 0.29) is 29.4 Å². The van der Waals surface area contributed by atoms with Crippen LogP contribution in [0.15, 0.2) is 46.0 Å². The molecule has 5 nitrogen and oxygen atoms in total. The number of halogens is 2. The summed E-state index contributed by atoms with van der Waals surface area (Å²) in [5, 5.41) is 11.1. The average molecular weight is 518 g/mol. The van der Waals surface area contributed by atoms with Gasteiger partial charge in [0, 0.05) is 36.7 Å². The lowest BCUT2D eigenvalue weighted by molar-refractivity contribution is 0.243. The van der Waals surface area contributed by atoms with Gasteiger partial charge in [-0.05, 0) is 36.6 Å². The summed E-state index contributed by atoms with van der Waals surface area (Å²) in [6, 6.07) is 10.7. The lowest BCUT2D eigenvalue weighted by atomic mass is 9.64. The van der Waals surface area contributed by atoms with Gasteiger partial charge < -0.3 is 10.6 Å². The van der Waals surface area contributed by atoms with E-state index in [1.54, 1.807) is 0 Å². The van der Waals surface area contributed by atoms with Crippen molar-refractivity contribution in [3.8, 4) is 0 Å². The molecule has 0 saturated heterocycles. The predicted molar refractivity (Wildman–Crippen MR) is 116 cm³/mol. The molecule has 0 aliphatic heterocycles. The van der Waals surface area contributed by atoms with Gasteiger partial charge in [-0.3, -0.25) is 9.67 Å². The van der Waals surface area contributed by atoms with E-state index in [9.17, 15) is 0 Å². The highest BCUT2D eigenvalue weighted by molar-refractivity contribution is 14.0. The molecule has 1 aromatic heterocycles. The first-order chi connectivity index (χ1) is 11.6. The molecule has 0 atom stereocenters. The standard InChI is InChI=1S/C18H24BrN5.HI/c1-20-17(21-12-16-7-10-23-24(16)2)22-13-18(8-4-9-18)14-5-3-6-15(19)11-14;/h3,5-7,10-11H,4,8-9,12-13H2,1-2H3,(H2,20,21,22);1H. The van der Waals surface area contributed by atoms with Gasteiger partial charge in [-0.15, -0.1) is 24.0 Å². The van der Waals surface area contributed by atoms with Crippen molar-refractivity contribution < 1.29 is 0 Å². The summed E-state index contributed by atoms with van der Waals surface area (Å²) in [6.45, 7) is 1.61. The summed E-state index contributed by atoms with van der Waals surface area (Å²) in [7, 11) is 3.76. The van der Waals surface area contributed by atoms with Crippen molar-refractivity contribution in [2.75, 3.05) is 13.6 Å². The molecule has 3 rings (SSSR count). The molecule has 1 aliphatic rings. The number of rotatable bonds is 5. The number of hydrogen-bond donors (Lipinski definition) is 2. The van der Waals surface area contributed by atoms with Gasteiger partial charge >= 0.3 is 0 Å². The maximum atomic E-state index is 4.35. The molecule has 1 aliphatic carbocycles. The third kappa shape index (κ3) is 4.75. The minimum Gasteiger partial charge on any atom is -0.356 e. The summed E-state index contributed by atoms with van der Waals surface area (Å²) in [5.41, 5.74) is 2.74. The molecule has 0 amide bonds. The first-order valence-electron chi connectivity index (χ1n) is 8.30. The molecule has 2 N–H and O–H groups in total. The number of aryl methyl sites for hydroxylation is 1. The molecule has 0 radical (unpaired) electrons. The van der Waals surface area contributed by atoms with Gasteiger partial charge in [0.1, 0.15) is 0 Å². The lowest BCUT2D eigenvalue weighted by Crippen LogP contribution is -2.48. The number of aromatic nitrogens is 2. The van der Waals surface area contributed by atoms with E-state index in [2.05, 4.69) is 60.9 Å². The van der Waals surface area contributed by atoms with E-state index in [0.717, 1.165) is 22.7 Å². The molecule has 7 heteroatoms. The van der Waals surface area contributed by atoms with Crippen LogP contribution >= 0.6 is 39.9 Å². The summed E-state index contributed by atoms with van der Waals surface area (Å²) in [5.74, 6) is 0.831. The molecule has 0 spiro atoms. The maximum absolute atomic E-state index is 4.35. The summed E-state index contributed by atoms with van der Waals surface area (Å²) < 4.78 is 3.01. The van der Waals surface area contributed by atoms with E-state index in [0.29, 0.717) is 6.54 Å². The van der Waals surface area contributed by atoms with Crippen LogP contribution < -0.4 is 10.6 Å². The smallest absolute Gasteiger partial charge is 0.191 e. The minimum atomic E-state index is 0. The first kappa shape index (κ1) is 20.2. The van der Waals surface area contributed by atoms with Crippen LogP contribution in [0.3, 0.4) is 0 Å². The fourth-order valence-electron chi connectivity index (χ4n) is 3.21. The Kier molecular flexibility index (Phi) is 7.30. The molecule has 1 saturated carbocycles. The van der Waals surface area contributed by atoms with Crippen molar-refractivity contribution in [1.82, 2.24) is 20.4 Å². The molecular weight excluding hydrogens is 493 g/mol. The zero-order chi connectivity index (χ0) is 17.0. The Morgan fingerprint density at radius 2 is 2.12 bits per heavy atom. The number of nitrogens with one attached hydrogen (secondary N) is 2. The number of nitrogens with zero attached hydrogens (tertiary/aromatic N) is 3. The van der Waals surface area contributed by atoms with Crippen molar-refractivity contribution in [1.29, 1.82) is 0 Å². The molecule has 2 aromatic rings. The molecule has 1 heterocycles. The third-order valence-corrected chi connectivity index (χ3v) is 5.42. The Morgan fingerprint density at radius 1 is 1.32 bits per heavy atom. The van der Waals surface area contributed by atoms with E-state index in [4.69, 9.17) is 0 Å². The molecule has 1 aromatic carbocycles. The van der Waals surface area contributed by atoms with E-state index in [1.165, 1.54) is 24.8 Å². The van der Waals surface area contributed by atoms with Crippen molar-refractivity contribution in [2.24, 2.45) is 12.0 Å². The Hall–Kier alpha value is -1.09. The molecule has 136 valence electrons. The maximum Gasteiger partial charge on any atom is 0.191 e. The molecule has 0 bridgehead atoms. The topological polar surface area (TPSA) is 54.2 Å². The highest BCUT2D eigenvalue weighted by Crippen LogP contribution is 2.43. The average Bonchev–Trinajstić information content (AvgIpc) is 2.94. The van der Waals surface area contributed by atoms with Crippen molar-refractivity contribution in [3.05, 3.63) is 52.3 Å². The van der Waals surface area contributed by atoms with E-state index >= 15 is 0 Å². The monoisotopic (exact) mass is 517 g/mol. The molecule has 1 fully saturated rings. The normalized spacial score (nSPS) is 15.9. The highest BCUT2D eigenvalue weighted by atomic mass is 127. The number of guanidine groups is 1. The van der Waals surface area contributed by atoms with Gasteiger partial charge in [0.25, 0.3) is 0 Å². The fourth-order valence-corrected chi connectivity index (χ4v) is 3.61. The molecule has 25 heavy (non-hydrogen) atoms. The van der Waals surface area contributed by atoms with Crippen LogP contribution in [-0.2, 0) is 19.0 Å². The van der Waals surface area contributed by atoms with Crippen molar-refractivity contribution in [2.45, 2.75) is 31.2 Å². The first-order valence-corrected chi connectivity index (χ1v) is 9.10. The minimum absolute atomic E-state index is 0. The summed E-state index contributed by atoms with van der Waals surface area (Å²) in [4.78, 5) is 4.35. The van der Waals surface area contributed by atoms with Crippen molar-refractivity contribution in [3.63, 3.8) is 0 Å². The van der Waals surface area contributed by atoms with Gasteiger partial charge in [-0.25, -0.2) is 0 Å². The van der Waals surface area contributed by atoms with Crippen LogP contribution in [0.25, 0.3) is 0 Å². The number of hydrogen-bond acceptors (Lipinski definition) is 2. The third-order valence-electron chi connectivity index (χ3n) is 4.92. The summed E-state index contributed by atoms with van der Waals surface area (Å²) in [6.07, 6.45) is 5.53. The van der Waals surface area contributed by atoms with Crippen LogP contribution in [0.4, 0.5) is 0 Å². The predicted octanol–water partition coefficient (Wildman–Crippen LogP) is 3.59. The summed E-state index contributed by atoms with van der Waals surface area (Å²) >= 11 is 3.59. The van der Waals surface area contributed by atoms with E-state index < -0.39 is 0 Å². The van der Waals surface area contributed by atoms with Crippen LogP contribution in [0, 0.1) is 0 Å². The highest BCUT2D eigenvalue weighted by Gasteiger charge is 2.38. The quantitative estimate of drug-likeness (QED) is 0.362. The Labute approximate surface area is 174 Å². The van der Waals surface area contributed by atoms with Crippen LogP contribution in [-0.4, -0.2) is 29.3 Å². The van der Waals surface area contributed by atoms with Gasteiger partial charge in [0.05, 0.1) is 12.2 Å². The zero-order valence-corrected chi connectivity index (χ0v) is 18.5. The van der Waals surface area contributed by atoms with Crippen molar-refractivity contribution >= 4 is 45.9 Å². The second-order valence-electron chi connectivity index (χ2n) is 6.37. The zero-order valence-electron chi connectivity index (χ0n) is 14.6. The fraction of sp³-hybridized carbons (Fsp3) is 0.444. The van der Waals surface area contributed by atoms with Gasteiger partial charge in [0.15, 0.2) is 5.96 Å². The second-order valence-corrected chi connectivity index (χ2v) is 7.29. The second kappa shape index (κ2) is 9.02. The molecular formula is C18H25BrIN5. The Balaban J connectivity index is 0.00000225. The van der Waals surface area contributed by atoms with Crippen LogP contribution in [0.5, 0.6) is 0 Å². The van der Waals surface area contributed by atoms with Gasteiger partial charge in [0.2, 0.25) is 0 Å². The Morgan fingerprint density at radius 3 is 2.68 bits per heavy atom. The van der Waals surface area contributed by atoms with E-state index in [1.807, 2.05) is 31.0 Å². The van der Waals surface area contributed by atoms with Crippen LogP contribution in [0.2, 0.25) is 0 Å². The van der Waals surface area contributed by atoms with Crippen LogP contribution in [0.1, 0.15) is 30.5 Å². The largest absolute Gasteiger partial charge is 0.356 e. The SMILES string of the molecule is CN=C(NCc1ccnn1C)NCC1(c2cccc(Br)c2)CCC1.I.